The lowest BCUT2D eigenvalue weighted by molar-refractivity contribution is -0.121. The molecular formula is C17H19N3O2. The number of para-hydroxylation sites is 1. The van der Waals surface area contributed by atoms with Crippen LogP contribution >= 0.6 is 0 Å². The van der Waals surface area contributed by atoms with Crippen LogP contribution in [0, 0.1) is 0 Å². The largest absolute Gasteiger partial charge is 0.353 e. The molecule has 0 bridgehead atoms. The monoisotopic (exact) mass is 297 g/mol. The predicted molar refractivity (Wildman–Crippen MR) is 85.6 cm³/mol. The van der Waals surface area contributed by atoms with Crippen molar-refractivity contribution >= 4 is 28.4 Å². The summed E-state index contributed by atoms with van der Waals surface area (Å²) in [5, 5.41) is 3.92. The van der Waals surface area contributed by atoms with E-state index in [9.17, 15) is 9.59 Å². The van der Waals surface area contributed by atoms with Gasteiger partial charge in [-0.1, -0.05) is 18.2 Å². The van der Waals surface area contributed by atoms with Gasteiger partial charge in [-0.25, -0.2) is 0 Å². The zero-order valence-corrected chi connectivity index (χ0v) is 12.6. The summed E-state index contributed by atoms with van der Waals surface area (Å²) in [4.78, 5) is 29.9. The Bertz CT molecular complexity index is 705. The molecule has 0 radical (unpaired) electrons. The van der Waals surface area contributed by atoms with E-state index in [1.807, 2.05) is 30.3 Å². The minimum Gasteiger partial charge on any atom is -0.353 e. The fourth-order valence-corrected chi connectivity index (χ4v) is 2.49. The van der Waals surface area contributed by atoms with Gasteiger partial charge < -0.3 is 10.2 Å². The third-order valence-electron chi connectivity index (χ3n) is 3.79. The molecule has 1 aliphatic rings. The first-order chi connectivity index (χ1) is 10.6. The van der Waals surface area contributed by atoms with E-state index in [1.165, 1.54) is 6.92 Å². The van der Waals surface area contributed by atoms with E-state index in [1.54, 1.807) is 11.1 Å². The van der Waals surface area contributed by atoms with Gasteiger partial charge in [-0.2, -0.15) is 0 Å². The molecule has 114 valence electrons. The van der Waals surface area contributed by atoms with Crippen LogP contribution in [0.15, 0.2) is 36.5 Å². The van der Waals surface area contributed by atoms with Crippen LogP contribution < -0.4 is 10.2 Å². The molecular weight excluding hydrogens is 278 g/mol. The van der Waals surface area contributed by atoms with Gasteiger partial charge in [-0.3, -0.25) is 14.6 Å². The first-order valence-corrected chi connectivity index (χ1v) is 7.56. The van der Waals surface area contributed by atoms with Crippen LogP contribution in [-0.4, -0.2) is 29.4 Å². The molecule has 0 atom stereocenters. The summed E-state index contributed by atoms with van der Waals surface area (Å²) in [5.74, 6) is -0.0840. The number of carbonyl (C=O) groups excluding carboxylic acids is 2. The standard InChI is InChI=1S/C17H19N3O2/c1-12(21)20(11-9-16(22)19-14-7-8-14)15-6-2-4-13-5-3-10-18-17(13)15/h2-6,10,14H,7-9,11H2,1H3,(H,19,22). The van der Waals surface area contributed by atoms with E-state index in [-0.39, 0.29) is 11.8 Å². The van der Waals surface area contributed by atoms with Crippen molar-refractivity contribution in [3.8, 4) is 0 Å². The Labute approximate surface area is 129 Å². The molecule has 1 aromatic heterocycles. The first-order valence-electron chi connectivity index (χ1n) is 7.56. The Morgan fingerprint density at radius 3 is 2.77 bits per heavy atom. The van der Waals surface area contributed by atoms with Crippen molar-refractivity contribution in [2.24, 2.45) is 0 Å². The van der Waals surface area contributed by atoms with Crippen molar-refractivity contribution in [2.75, 3.05) is 11.4 Å². The van der Waals surface area contributed by atoms with Crippen LogP contribution in [0.1, 0.15) is 26.2 Å². The highest BCUT2D eigenvalue weighted by molar-refractivity contribution is 6.01. The van der Waals surface area contributed by atoms with Crippen LogP contribution in [0.5, 0.6) is 0 Å². The second-order valence-corrected chi connectivity index (χ2v) is 5.61. The van der Waals surface area contributed by atoms with Crippen LogP contribution in [-0.2, 0) is 9.59 Å². The van der Waals surface area contributed by atoms with Gasteiger partial charge in [0.25, 0.3) is 0 Å². The molecule has 1 N–H and O–H groups in total. The molecule has 1 aliphatic carbocycles. The summed E-state index contributed by atoms with van der Waals surface area (Å²) in [6, 6.07) is 9.91. The van der Waals surface area contributed by atoms with E-state index in [0.717, 1.165) is 29.4 Å². The van der Waals surface area contributed by atoms with Crippen LogP contribution in [0.4, 0.5) is 5.69 Å². The second kappa shape index (κ2) is 6.13. The van der Waals surface area contributed by atoms with Gasteiger partial charge in [0.2, 0.25) is 11.8 Å². The zero-order chi connectivity index (χ0) is 15.5. The third-order valence-corrected chi connectivity index (χ3v) is 3.79. The lowest BCUT2D eigenvalue weighted by Gasteiger charge is -2.22. The predicted octanol–water partition coefficient (Wildman–Crippen LogP) is 2.26. The maximum Gasteiger partial charge on any atom is 0.223 e. The third kappa shape index (κ3) is 3.24. The van der Waals surface area contributed by atoms with Gasteiger partial charge in [-0.05, 0) is 25.0 Å². The number of aromatic nitrogens is 1. The number of nitrogens with one attached hydrogen (secondary N) is 1. The van der Waals surface area contributed by atoms with E-state index >= 15 is 0 Å². The summed E-state index contributed by atoms with van der Waals surface area (Å²) < 4.78 is 0. The Morgan fingerprint density at radius 1 is 1.27 bits per heavy atom. The lowest BCUT2D eigenvalue weighted by atomic mass is 10.1. The highest BCUT2D eigenvalue weighted by atomic mass is 16.2. The molecule has 1 aromatic carbocycles. The molecule has 2 amide bonds. The molecule has 1 saturated carbocycles. The molecule has 22 heavy (non-hydrogen) atoms. The Kier molecular flexibility index (Phi) is 4.04. The number of carbonyl (C=O) groups is 2. The smallest absolute Gasteiger partial charge is 0.223 e. The Morgan fingerprint density at radius 2 is 2.05 bits per heavy atom. The zero-order valence-electron chi connectivity index (χ0n) is 12.6. The SMILES string of the molecule is CC(=O)N(CCC(=O)NC1CC1)c1cccc2cccnc12. The number of pyridine rings is 1. The van der Waals surface area contributed by atoms with Crippen molar-refractivity contribution in [3.63, 3.8) is 0 Å². The lowest BCUT2D eigenvalue weighted by Crippen LogP contribution is -2.34. The fraction of sp³-hybridized carbons (Fsp3) is 0.353. The second-order valence-electron chi connectivity index (χ2n) is 5.61. The summed E-state index contributed by atoms with van der Waals surface area (Å²) in [5.41, 5.74) is 1.53. The number of nitrogens with zero attached hydrogens (tertiary/aromatic N) is 2. The number of hydrogen-bond acceptors (Lipinski definition) is 3. The van der Waals surface area contributed by atoms with Gasteiger partial charge in [0, 0.05) is 37.5 Å². The Balaban J connectivity index is 1.80. The topological polar surface area (TPSA) is 62.3 Å². The van der Waals surface area contributed by atoms with Gasteiger partial charge in [0.15, 0.2) is 0 Å². The van der Waals surface area contributed by atoms with Crippen molar-refractivity contribution in [1.82, 2.24) is 10.3 Å². The van der Waals surface area contributed by atoms with Crippen molar-refractivity contribution in [2.45, 2.75) is 32.2 Å². The van der Waals surface area contributed by atoms with E-state index in [2.05, 4.69) is 10.3 Å². The van der Waals surface area contributed by atoms with Gasteiger partial charge in [0.05, 0.1) is 11.2 Å². The summed E-state index contributed by atoms with van der Waals surface area (Å²) >= 11 is 0. The molecule has 2 aromatic rings. The van der Waals surface area contributed by atoms with Crippen LogP contribution in [0.25, 0.3) is 10.9 Å². The minimum absolute atomic E-state index is 0.00180. The van der Waals surface area contributed by atoms with Gasteiger partial charge in [-0.15, -0.1) is 0 Å². The Hall–Kier alpha value is -2.43. The quantitative estimate of drug-likeness (QED) is 0.920. The van der Waals surface area contributed by atoms with Crippen LogP contribution in [0.3, 0.4) is 0 Å². The summed E-state index contributed by atoms with van der Waals surface area (Å²) in [6.07, 6.45) is 4.15. The molecule has 0 saturated heterocycles. The number of hydrogen-bond donors (Lipinski definition) is 1. The normalized spacial score (nSPS) is 13.9. The molecule has 1 fully saturated rings. The number of anilines is 1. The number of rotatable bonds is 5. The van der Waals surface area contributed by atoms with Crippen LogP contribution in [0.2, 0.25) is 0 Å². The molecule has 0 spiro atoms. The van der Waals surface area contributed by atoms with Gasteiger partial charge >= 0.3 is 0 Å². The summed E-state index contributed by atoms with van der Waals surface area (Å²) in [6.45, 7) is 1.88. The molecule has 0 unspecified atom stereocenters. The fourth-order valence-electron chi connectivity index (χ4n) is 2.49. The summed E-state index contributed by atoms with van der Waals surface area (Å²) in [7, 11) is 0. The van der Waals surface area contributed by atoms with Crippen molar-refractivity contribution < 1.29 is 9.59 Å². The maximum absolute atomic E-state index is 12.0. The highest BCUT2D eigenvalue weighted by Crippen LogP contribution is 2.25. The maximum atomic E-state index is 12.0. The average Bonchev–Trinajstić information content (AvgIpc) is 3.31. The highest BCUT2D eigenvalue weighted by Gasteiger charge is 2.24. The molecule has 3 rings (SSSR count). The molecule has 5 heteroatoms. The average molecular weight is 297 g/mol. The number of fused-ring (bicyclic) bond motifs is 1. The van der Waals surface area contributed by atoms with E-state index < -0.39 is 0 Å². The number of benzene rings is 1. The molecule has 0 aliphatic heterocycles. The van der Waals surface area contributed by atoms with E-state index in [4.69, 9.17) is 0 Å². The minimum atomic E-state index is -0.0858. The van der Waals surface area contributed by atoms with Crippen molar-refractivity contribution in [1.29, 1.82) is 0 Å². The van der Waals surface area contributed by atoms with Gasteiger partial charge in [0.1, 0.15) is 0 Å². The number of amides is 2. The van der Waals surface area contributed by atoms with E-state index in [0.29, 0.717) is 19.0 Å². The molecule has 1 heterocycles. The van der Waals surface area contributed by atoms with Crippen molar-refractivity contribution in [3.05, 3.63) is 36.5 Å². The molecule has 5 nitrogen and oxygen atoms in total. The first kappa shape index (κ1) is 14.5.